The molecule has 0 saturated heterocycles. The fourth-order valence-corrected chi connectivity index (χ4v) is 1.95. The monoisotopic (exact) mass is 253 g/mol. The second-order valence-electron chi connectivity index (χ2n) is 4.02. The Kier molecular flexibility index (Phi) is 1.82. The standard InChI is InChI=1S/C11H7N7O/c19-6-1-2-7-9(3-6)18(5-12-7)10-4-8-11(15-14-10)16-17-13-8/h1-5,19H,(H,13,15,16,17). The van der Waals surface area contributed by atoms with Gasteiger partial charge < -0.3 is 5.11 Å². The summed E-state index contributed by atoms with van der Waals surface area (Å²) in [5.41, 5.74) is 2.58. The van der Waals surface area contributed by atoms with E-state index >= 15 is 0 Å². The Morgan fingerprint density at radius 3 is 2.95 bits per heavy atom. The molecule has 1 aromatic carbocycles. The van der Waals surface area contributed by atoms with E-state index in [1.165, 1.54) is 0 Å². The molecule has 3 heterocycles. The van der Waals surface area contributed by atoms with Crippen LogP contribution in [0, 0.1) is 0 Å². The lowest BCUT2D eigenvalue weighted by atomic mass is 10.3. The Labute approximate surface area is 105 Å². The lowest BCUT2D eigenvalue weighted by Crippen LogP contribution is -1.97. The molecule has 0 fully saturated rings. The summed E-state index contributed by atoms with van der Waals surface area (Å²) in [7, 11) is 0. The number of imidazole rings is 1. The molecule has 8 heteroatoms. The van der Waals surface area contributed by atoms with Gasteiger partial charge in [0.15, 0.2) is 5.82 Å². The van der Waals surface area contributed by atoms with Crippen molar-refractivity contribution in [3.8, 4) is 11.6 Å². The van der Waals surface area contributed by atoms with Gasteiger partial charge in [-0.05, 0) is 12.1 Å². The number of rotatable bonds is 1. The third-order valence-corrected chi connectivity index (χ3v) is 2.85. The number of aromatic hydroxyl groups is 1. The minimum Gasteiger partial charge on any atom is -0.508 e. The van der Waals surface area contributed by atoms with E-state index in [0.717, 1.165) is 11.0 Å². The van der Waals surface area contributed by atoms with Gasteiger partial charge in [0.2, 0.25) is 5.65 Å². The van der Waals surface area contributed by atoms with Crippen molar-refractivity contribution >= 4 is 22.2 Å². The number of benzene rings is 1. The molecule has 0 bridgehead atoms. The number of nitrogens with one attached hydrogen (secondary N) is 1. The molecule has 0 saturated carbocycles. The van der Waals surface area contributed by atoms with Crippen LogP contribution in [0.1, 0.15) is 0 Å². The van der Waals surface area contributed by atoms with E-state index in [0.29, 0.717) is 17.0 Å². The topological polar surface area (TPSA) is 105 Å². The lowest BCUT2D eigenvalue weighted by Gasteiger charge is -2.01. The Bertz CT molecular complexity index is 894. The van der Waals surface area contributed by atoms with Crippen molar-refractivity contribution in [1.82, 2.24) is 35.2 Å². The minimum atomic E-state index is 0.171. The fourth-order valence-electron chi connectivity index (χ4n) is 1.95. The van der Waals surface area contributed by atoms with Crippen molar-refractivity contribution < 1.29 is 5.11 Å². The number of nitrogens with zero attached hydrogens (tertiary/aromatic N) is 6. The minimum absolute atomic E-state index is 0.171. The number of H-pyrrole nitrogens is 1. The Morgan fingerprint density at radius 2 is 2.00 bits per heavy atom. The maximum atomic E-state index is 9.55. The quantitative estimate of drug-likeness (QED) is 0.519. The summed E-state index contributed by atoms with van der Waals surface area (Å²) in [6.45, 7) is 0. The molecule has 0 atom stereocenters. The first-order chi connectivity index (χ1) is 9.31. The van der Waals surface area contributed by atoms with Crippen LogP contribution < -0.4 is 0 Å². The summed E-state index contributed by atoms with van der Waals surface area (Å²) in [5.74, 6) is 0.735. The predicted molar refractivity (Wildman–Crippen MR) is 65.8 cm³/mol. The zero-order valence-corrected chi connectivity index (χ0v) is 9.52. The van der Waals surface area contributed by atoms with Crippen LogP contribution in [0.2, 0.25) is 0 Å². The molecule has 19 heavy (non-hydrogen) atoms. The lowest BCUT2D eigenvalue weighted by molar-refractivity contribution is 0.476. The van der Waals surface area contributed by atoms with Gasteiger partial charge in [-0.15, -0.1) is 15.3 Å². The molecule has 4 aromatic rings. The van der Waals surface area contributed by atoms with Crippen molar-refractivity contribution in [2.45, 2.75) is 0 Å². The number of hydrogen-bond donors (Lipinski definition) is 2. The van der Waals surface area contributed by atoms with E-state index in [2.05, 4.69) is 30.6 Å². The van der Waals surface area contributed by atoms with Gasteiger partial charge in [0.25, 0.3) is 0 Å². The molecule has 0 aliphatic rings. The van der Waals surface area contributed by atoms with E-state index in [1.54, 1.807) is 35.2 Å². The summed E-state index contributed by atoms with van der Waals surface area (Å²) in [5, 5.41) is 27.9. The second-order valence-corrected chi connectivity index (χ2v) is 4.02. The molecule has 0 unspecified atom stereocenters. The Hall–Kier alpha value is -3.03. The zero-order chi connectivity index (χ0) is 12.8. The number of phenolic OH excluding ortho intramolecular Hbond substituents is 1. The average Bonchev–Trinajstić information content (AvgIpc) is 3.03. The fraction of sp³-hybridized carbons (Fsp3) is 0. The van der Waals surface area contributed by atoms with Crippen LogP contribution in [0.15, 0.2) is 30.6 Å². The highest BCUT2D eigenvalue weighted by molar-refractivity contribution is 5.79. The molecule has 0 aliphatic heterocycles. The second kappa shape index (κ2) is 3.48. The zero-order valence-electron chi connectivity index (χ0n) is 9.52. The van der Waals surface area contributed by atoms with Crippen molar-refractivity contribution in [3.63, 3.8) is 0 Å². The highest BCUT2D eigenvalue weighted by atomic mass is 16.3. The summed E-state index contributed by atoms with van der Waals surface area (Å²) in [4.78, 5) is 4.24. The van der Waals surface area contributed by atoms with Crippen molar-refractivity contribution in [3.05, 3.63) is 30.6 Å². The van der Waals surface area contributed by atoms with Gasteiger partial charge >= 0.3 is 0 Å². The van der Waals surface area contributed by atoms with Crippen molar-refractivity contribution in [1.29, 1.82) is 0 Å². The average molecular weight is 253 g/mol. The van der Waals surface area contributed by atoms with Crippen molar-refractivity contribution in [2.24, 2.45) is 0 Å². The van der Waals surface area contributed by atoms with Crippen LogP contribution in [0.25, 0.3) is 28.0 Å². The molecule has 92 valence electrons. The Morgan fingerprint density at radius 1 is 1.05 bits per heavy atom. The summed E-state index contributed by atoms with van der Waals surface area (Å²) >= 11 is 0. The first-order valence-electron chi connectivity index (χ1n) is 5.52. The van der Waals surface area contributed by atoms with E-state index in [9.17, 15) is 5.11 Å². The molecule has 0 spiro atoms. The van der Waals surface area contributed by atoms with Crippen LogP contribution in [0.5, 0.6) is 5.75 Å². The van der Waals surface area contributed by atoms with E-state index in [1.807, 2.05) is 0 Å². The highest BCUT2D eigenvalue weighted by Crippen LogP contribution is 2.21. The molecule has 3 aromatic heterocycles. The van der Waals surface area contributed by atoms with Crippen LogP contribution in [-0.2, 0) is 0 Å². The molecule has 0 amide bonds. The number of aromatic nitrogens is 7. The SMILES string of the molecule is Oc1ccc2ncn(-c3cc4n[nH]nc4nn3)c2c1. The maximum Gasteiger partial charge on any atom is 0.223 e. The van der Waals surface area contributed by atoms with E-state index in [4.69, 9.17) is 0 Å². The molecule has 0 radical (unpaired) electrons. The summed E-state index contributed by atoms with van der Waals surface area (Å²) < 4.78 is 1.73. The van der Waals surface area contributed by atoms with Crippen LogP contribution in [0.4, 0.5) is 0 Å². The molecule has 8 nitrogen and oxygen atoms in total. The largest absolute Gasteiger partial charge is 0.508 e. The van der Waals surface area contributed by atoms with Crippen LogP contribution in [-0.4, -0.2) is 40.3 Å². The maximum absolute atomic E-state index is 9.55. The molecular weight excluding hydrogens is 246 g/mol. The molecular formula is C11H7N7O. The third kappa shape index (κ3) is 1.43. The predicted octanol–water partition coefficient (Wildman–Crippen LogP) is 0.792. The number of fused-ring (bicyclic) bond motifs is 2. The smallest absolute Gasteiger partial charge is 0.223 e. The molecule has 2 N–H and O–H groups in total. The van der Waals surface area contributed by atoms with Crippen LogP contribution in [0.3, 0.4) is 0 Å². The third-order valence-electron chi connectivity index (χ3n) is 2.85. The van der Waals surface area contributed by atoms with Gasteiger partial charge in [-0.3, -0.25) is 4.57 Å². The summed E-state index contributed by atoms with van der Waals surface area (Å²) in [6.07, 6.45) is 1.63. The first-order valence-corrected chi connectivity index (χ1v) is 5.52. The number of hydrogen-bond acceptors (Lipinski definition) is 6. The van der Waals surface area contributed by atoms with Gasteiger partial charge in [0.05, 0.1) is 11.0 Å². The normalized spacial score (nSPS) is 11.4. The van der Waals surface area contributed by atoms with Crippen LogP contribution >= 0.6 is 0 Å². The van der Waals surface area contributed by atoms with Gasteiger partial charge in [0, 0.05) is 12.1 Å². The van der Waals surface area contributed by atoms with E-state index < -0.39 is 0 Å². The number of aromatic amines is 1. The van der Waals surface area contributed by atoms with Gasteiger partial charge in [-0.1, -0.05) is 0 Å². The molecule has 0 aliphatic carbocycles. The number of phenols is 1. The highest BCUT2D eigenvalue weighted by Gasteiger charge is 2.09. The molecule has 4 rings (SSSR count). The van der Waals surface area contributed by atoms with E-state index in [-0.39, 0.29) is 5.75 Å². The van der Waals surface area contributed by atoms with Gasteiger partial charge in [-0.2, -0.15) is 10.3 Å². The van der Waals surface area contributed by atoms with Gasteiger partial charge in [-0.25, -0.2) is 4.98 Å². The first kappa shape index (κ1) is 9.95. The summed E-state index contributed by atoms with van der Waals surface area (Å²) in [6, 6.07) is 6.70. The van der Waals surface area contributed by atoms with Gasteiger partial charge in [0.1, 0.15) is 17.6 Å². The van der Waals surface area contributed by atoms with Crippen molar-refractivity contribution in [2.75, 3.05) is 0 Å². The Balaban J connectivity index is 2.00.